The average Bonchev–Trinajstić information content (AvgIpc) is 3.42. The SMILES string of the molecule is Cc1noc(NS(=O)(=O)c2ccsc2CC(C(=O)O)c2ccc3c(c2)OCO3)c1Cl. The second-order valence-electron chi connectivity index (χ2n) is 6.43. The third kappa shape index (κ3) is 3.83. The molecule has 0 spiro atoms. The number of aryl methyl sites for hydroxylation is 1. The van der Waals surface area contributed by atoms with Gasteiger partial charge in [-0.05, 0) is 36.1 Å². The average molecular weight is 471 g/mol. The minimum atomic E-state index is -4.07. The molecule has 30 heavy (non-hydrogen) atoms. The van der Waals surface area contributed by atoms with Gasteiger partial charge in [0.15, 0.2) is 11.5 Å². The predicted octanol–water partition coefficient (Wildman–Crippen LogP) is 3.64. The summed E-state index contributed by atoms with van der Waals surface area (Å²) in [4.78, 5) is 12.3. The molecule has 1 aliphatic rings. The van der Waals surface area contributed by atoms with Crippen molar-refractivity contribution in [1.29, 1.82) is 0 Å². The van der Waals surface area contributed by atoms with Gasteiger partial charge in [0.1, 0.15) is 15.6 Å². The summed E-state index contributed by atoms with van der Waals surface area (Å²) >= 11 is 7.13. The zero-order valence-corrected chi connectivity index (χ0v) is 17.8. The highest BCUT2D eigenvalue weighted by Gasteiger charge is 2.29. The maximum atomic E-state index is 12.9. The lowest BCUT2D eigenvalue weighted by molar-refractivity contribution is -0.138. The normalized spacial score (nSPS) is 13.9. The Labute approximate surface area is 180 Å². The summed E-state index contributed by atoms with van der Waals surface area (Å²) in [5.74, 6) is -1.28. The van der Waals surface area contributed by atoms with Gasteiger partial charge in [0.2, 0.25) is 6.79 Å². The third-order valence-electron chi connectivity index (χ3n) is 4.50. The number of ether oxygens (including phenoxy) is 2. The van der Waals surface area contributed by atoms with E-state index in [9.17, 15) is 18.3 Å². The molecule has 2 aromatic heterocycles. The summed E-state index contributed by atoms with van der Waals surface area (Å²) in [7, 11) is -4.07. The number of carboxylic acid groups (broad SMARTS) is 1. The fourth-order valence-electron chi connectivity index (χ4n) is 2.98. The Kier molecular flexibility index (Phi) is 5.35. The molecule has 0 saturated heterocycles. The van der Waals surface area contributed by atoms with Crippen LogP contribution in [0.25, 0.3) is 0 Å². The Bertz CT molecular complexity index is 1220. The van der Waals surface area contributed by atoms with E-state index < -0.39 is 21.9 Å². The minimum absolute atomic E-state index is 0.0357. The molecule has 1 aliphatic heterocycles. The number of halogens is 1. The van der Waals surface area contributed by atoms with Crippen LogP contribution in [0.1, 0.15) is 22.1 Å². The zero-order chi connectivity index (χ0) is 21.5. The number of carbonyl (C=O) groups is 1. The number of aromatic nitrogens is 1. The van der Waals surface area contributed by atoms with Gasteiger partial charge in [-0.15, -0.1) is 11.3 Å². The van der Waals surface area contributed by atoms with E-state index in [4.69, 9.17) is 25.6 Å². The standard InChI is InChI=1S/C18H15ClN2O7S2/c1-9-16(19)17(28-20-9)21-30(24,25)15-4-5-29-14(15)7-11(18(22)23)10-2-3-12-13(6-10)27-8-26-12/h2-6,11,21H,7-8H2,1H3,(H,22,23). The zero-order valence-electron chi connectivity index (χ0n) is 15.4. The number of fused-ring (bicyclic) bond motifs is 1. The van der Waals surface area contributed by atoms with Gasteiger partial charge in [-0.1, -0.05) is 22.8 Å². The van der Waals surface area contributed by atoms with E-state index >= 15 is 0 Å². The molecule has 1 atom stereocenters. The number of benzene rings is 1. The van der Waals surface area contributed by atoms with Crippen LogP contribution < -0.4 is 14.2 Å². The van der Waals surface area contributed by atoms with Crippen molar-refractivity contribution in [2.24, 2.45) is 0 Å². The first kappa shape index (κ1) is 20.5. The highest BCUT2D eigenvalue weighted by molar-refractivity contribution is 7.93. The molecule has 0 amide bonds. The lowest BCUT2D eigenvalue weighted by atomic mass is 9.95. The molecule has 0 aliphatic carbocycles. The number of nitrogens with zero attached hydrogens (tertiary/aromatic N) is 1. The molecule has 3 aromatic rings. The second-order valence-corrected chi connectivity index (χ2v) is 9.46. The molecule has 4 rings (SSSR count). The predicted molar refractivity (Wildman–Crippen MR) is 108 cm³/mol. The number of hydrogen-bond acceptors (Lipinski definition) is 8. The Morgan fingerprint density at radius 2 is 2.10 bits per heavy atom. The van der Waals surface area contributed by atoms with Crippen LogP contribution in [0.4, 0.5) is 5.88 Å². The van der Waals surface area contributed by atoms with Crippen molar-refractivity contribution in [1.82, 2.24) is 5.16 Å². The van der Waals surface area contributed by atoms with Gasteiger partial charge in [-0.2, -0.15) is 0 Å². The maximum absolute atomic E-state index is 12.9. The van der Waals surface area contributed by atoms with Crippen molar-refractivity contribution in [3.05, 3.63) is 50.8 Å². The van der Waals surface area contributed by atoms with Crippen LogP contribution in [-0.4, -0.2) is 31.4 Å². The lowest BCUT2D eigenvalue weighted by Gasteiger charge is -2.14. The molecule has 0 radical (unpaired) electrons. The van der Waals surface area contributed by atoms with Gasteiger partial charge in [0.05, 0.1) is 5.92 Å². The smallest absolute Gasteiger partial charge is 0.311 e. The van der Waals surface area contributed by atoms with E-state index in [0.717, 1.165) is 11.3 Å². The number of sulfonamides is 1. The van der Waals surface area contributed by atoms with E-state index in [1.807, 2.05) is 0 Å². The molecule has 3 heterocycles. The van der Waals surface area contributed by atoms with E-state index in [1.165, 1.54) is 6.07 Å². The van der Waals surface area contributed by atoms with E-state index in [0.29, 0.717) is 27.6 Å². The monoisotopic (exact) mass is 470 g/mol. The summed E-state index contributed by atoms with van der Waals surface area (Å²) in [5.41, 5.74) is 0.819. The molecule has 158 valence electrons. The highest BCUT2D eigenvalue weighted by Crippen LogP contribution is 2.37. The highest BCUT2D eigenvalue weighted by atomic mass is 35.5. The summed E-state index contributed by atoms with van der Waals surface area (Å²) in [6.07, 6.45) is -0.0357. The molecule has 12 heteroatoms. The first-order valence-electron chi connectivity index (χ1n) is 8.59. The van der Waals surface area contributed by atoms with Crippen molar-refractivity contribution in [2.45, 2.75) is 24.2 Å². The molecule has 0 fully saturated rings. The van der Waals surface area contributed by atoms with Crippen LogP contribution in [0.2, 0.25) is 5.02 Å². The van der Waals surface area contributed by atoms with Crippen LogP contribution in [0, 0.1) is 6.92 Å². The van der Waals surface area contributed by atoms with Crippen LogP contribution in [0.15, 0.2) is 39.1 Å². The number of rotatable bonds is 7. The molecule has 1 aromatic carbocycles. The Hall–Kier alpha value is -2.76. The van der Waals surface area contributed by atoms with Crippen LogP contribution in [-0.2, 0) is 21.2 Å². The number of hydrogen-bond donors (Lipinski definition) is 2. The van der Waals surface area contributed by atoms with Crippen molar-refractivity contribution < 1.29 is 32.3 Å². The van der Waals surface area contributed by atoms with Crippen molar-refractivity contribution in [3.63, 3.8) is 0 Å². The fraction of sp³-hybridized carbons (Fsp3) is 0.222. The topological polar surface area (TPSA) is 128 Å². The number of aliphatic carboxylic acids is 1. The summed E-state index contributed by atoms with van der Waals surface area (Å²) in [6.45, 7) is 1.64. The molecular weight excluding hydrogens is 456 g/mol. The Morgan fingerprint density at radius 3 is 2.80 bits per heavy atom. The van der Waals surface area contributed by atoms with E-state index in [1.54, 1.807) is 30.5 Å². The first-order chi connectivity index (χ1) is 14.3. The minimum Gasteiger partial charge on any atom is -0.481 e. The first-order valence-corrected chi connectivity index (χ1v) is 11.3. The summed E-state index contributed by atoms with van der Waals surface area (Å²) < 4.78 is 43.4. The molecular formula is C18H15ClN2O7S2. The van der Waals surface area contributed by atoms with E-state index in [2.05, 4.69) is 9.88 Å². The van der Waals surface area contributed by atoms with Gasteiger partial charge in [-0.25, -0.2) is 13.1 Å². The summed E-state index contributed by atoms with van der Waals surface area (Å²) in [6, 6.07) is 6.26. The van der Waals surface area contributed by atoms with Crippen LogP contribution in [0.5, 0.6) is 11.5 Å². The third-order valence-corrected chi connectivity index (χ3v) is 7.43. The number of anilines is 1. The Balaban J connectivity index is 1.63. The summed E-state index contributed by atoms with van der Waals surface area (Å²) in [5, 5.41) is 15.0. The lowest BCUT2D eigenvalue weighted by Crippen LogP contribution is -2.17. The quantitative estimate of drug-likeness (QED) is 0.535. The van der Waals surface area contributed by atoms with Gasteiger partial charge in [0, 0.05) is 11.3 Å². The molecule has 0 bridgehead atoms. The number of thiophene rings is 1. The second kappa shape index (κ2) is 7.82. The van der Waals surface area contributed by atoms with E-state index in [-0.39, 0.29) is 29.0 Å². The van der Waals surface area contributed by atoms with Gasteiger partial charge in [-0.3, -0.25) is 4.79 Å². The van der Waals surface area contributed by atoms with Gasteiger partial charge < -0.3 is 19.1 Å². The maximum Gasteiger partial charge on any atom is 0.311 e. The van der Waals surface area contributed by atoms with Crippen molar-refractivity contribution in [2.75, 3.05) is 11.5 Å². The van der Waals surface area contributed by atoms with Crippen molar-refractivity contribution >= 4 is 44.8 Å². The number of nitrogens with one attached hydrogen (secondary N) is 1. The van der Waals surface area contributed by atoms with Crippen LogP contribution >= 0.6 is 22.9 Å². The largest absolute Gasteiger partial charge is 0.481 e. The molecule has 0 saturated carbocycles. The van der Waals surface area contributed by atoms with Gasteiger partial charge in [0.25, 0.3) is 15.9 Å². The Morgan fingerprint density at radius 1 is 1.33 bits per heavy atom. The fourth-order valence-corrected chi connectivity index (χ4v) is 5.65. The number of carboxylic acids is 1. The molecule has 2 N–H and O–H groups in total. The van der Waals surface area contributed by atoms with Crippen LogP contribution in [0.3, 0.4) is 0 Å². The van der Waals surface area contributed by atoms with Crippen molar-refractivity contribution in [3.8, 4) is 11.5 Å². The molecule has 9 nitrogen and oxygen atoms in total. The van der Waals surface area contributed by atoms with Gasteiger partial charge >= 0.3 is 5.97 Å². The molecule has 1 unspecified atom stereocenters.